The molecular weight excluding hydrogens is 320 g/mol. The highest BCUT2D eigenvalue weighted by molar-refractivity contribution is 5.89. The number of likely N-dealkylation sites (tertiary alicyclic amines) is 2. The molecule has 0 bridgehead atoms. The van der Waals surface area contributed by atoms with Gasteiger partial charge in [-0.2, -0.15) is 10.4 Å². The predicted octanol–water partition coefficient (Wildman–Crippen LogP) is 0.822. The normalized spacial score (nSPS) is 26.6. The summed E-state index contributed by atoms with van der Waals surface area (Å²) in [7, 11) is 1.89. The Bertz CT molecular complexity index is 694. The van der Waals surface area contributed by atoms with E-state index in [0.29, 0.717) is 19.5 Å². The van der Waals surface area contributed by atoms with Gasteiger partial charge in [-0.1, -0.05) is 0 Å². The molecule has 3 rings (SSSR count). The molecule has 0 aromatic carbocycles. The average molecular weight is 344 g/mol. The fourth-order valence-corrected chi connectivity index (χ4v) is 3.74. The highest BCUT2D eigenvalue weighted by Crippen LogP contribution is 2.27. The van der Waals surface area contributed by atoms with E-state index in [1.54, 1.807) is 9.58 Å². The van der Waals surface area contributed by atoms with Crippen LogP contribution in [0.2, 0.25) is 0 Å². The Morgan fingerprint density at radius 3 is 3.00 bits per heavy atom. The van der Waals surface area contributed by atoms with Crippen LogP contribution >= 0.6 is 0 Å². The van der Waals surface area contributed by atoms with E-state index in [-0.39, 0.29) is 30.4 Å². The second-order valence-corrected chi connectivity index (χ2v) is 6.94. The Morgan fingerprint density at radius 1 is 1.52 bits per heavy atom. The number of nitrogens with one attached hydrogen (secondary N) is 1. The average Bonchev–Trinajstić information content (AvgIpc) is 3.14. The first-order valence-corrected chi connectivity index (χ1v) is 8.71. The highest BCUT2D eigenvalue weighted by Gasteiger charge is 2.38. The number of nitrogens with zero attached hydrogens (tertiary/aromatic N) is 5. The summed E-state index contributed by atoms with van der Waals surface area (Å²) in [6, 6.07) is 1.25. The van der Waals surface area contributed by atoms with Gasteiger partial charge in [-0.05, 0) is 31.7 Å². The molecule has 3 heterocycles. The Balaban J connectivity index is 1.60. The number of piperidine rings is 1. The SMILES string of the molecule is CC1CC(NC(=O)N2CCCC(c3cnn(C)c3)C2)C(=O)N1CC#N. The molecule has 2 aliphatic rings. The van der Waals surface area contributed by atoms with E-state index < -0.39 is 6.04 Å². The van der Waals surface area contributed by atoms with Crippen molar-refractivity contribution in [3.63, 3.8) is 0 Å². The minimum atomic E-state index is -0.533. The molecule has 2 saturated heterocycles. The molecule has 2 aliphatic heterocycles. The van der Waals surface area contributed by atoms with Gasteiger partial charge in [-0.15, -0.1) is 0 Å². The Labute approximate surface area is 147 Å². The van der Waals surface area contributed by atoms with Crippen LogP contribution in [0.5, 0.6) is 0 Å². The van der Waals surface area contributed by atoms with Gasteiger partial charge in [0.05, 0.1) is 12.3 Å². The second-order valence-electron chi connectivity index (χ2n) is 6.94. The van der Waals surface area contributed by atoms with E-state index >= 15 is 0 Å². The van der Waals surface area contributed by atoms with Gasteiger partial charge in [0.25, 0.3) is 0 Å². The van der Waals surface area contributed by atoms with Crippen LogP contribution in [0.1, 0.15) is 37.7 Å². The topological polar surface area (TPSA) is 94.3 Å². The maximum atomic E-state index is 12.6. The summed E-state index contributed by atoms with van der Waals surface area (Å²) in [5.41, 5.74) is 1.14. The van der Waals surface area contributed by atoms with Gasteiger partial charge in [0, 0.05) is 38.3 Å². The molecule has 0 spiro atoms. The lowest BCUT2D eigenvalue weighted by Crippen LogP contribution is -2.50. The van der Waals surface area contributed by atoms with Crippen molar-refractivity contribution in [2.45, 2.75) is 44.2 Å². The van der Waals surface area contributed by atoms with E-state index in [2.05, 4.69) is 10.4 Å². The minimum absolute atomic E-state index is 0.0260. The first-order chi connectivity index (χ1) is 12.0. The first kappa shape index (κ1) is 17.3. The van der Waals surface area contributed by atoms with Gasteiger partial charge in [-0.3, -0.25) is 9.48 Å². The number of hydrogen-bond donors (Lipinski definition) is 1. The van der Waals surface area contributed by atoms with Crippen LogP contribution in [0.25, 0.3) is 0 Å². The zero-order valence-electron chi connectivity index (χ0n) is 14.7. The van der Waals surface area contributed by atoms with Crippen LogP contribution in [0, 0.1) is 11.3 Å². The molecule has 0 aliphatic carbocycles. The lowest BCUT2D eigenvalue weighted by molar-refractivity contribution is -0.129. The summed E-state index contributed by atoms with van der Waals surface area (Å²) in [5, 5.41) is 15.9. The van der Waals surface area contributed by atoms with Gasteiger partial charge in [0.1, 0.15) is 12.6 Å². The summed E-state index contributed by atoms with van der Waals surface area (Å²) in [5.74, 6) is 0.115. The van der Waals surface area contributed by atoms with E-state index in [0.717, 1.165) is 18.4 Å². The third kappa shape index (κ3) is 3.60. The largest absolute Gasteiger partial charge is 0.326 e. The van der Waals surface area contributed by atoms with Crippen molar-refractivity contribution in [2.75, 3.05) is 19.6 Å². The van der Waals surface area contributed by atoms with Gasteiger partial charge in [0.15, 0.2) is 0 Å². The van der Waals surface area contributed by atoms with E-state index in [1.165, 1.54) is 4.90 Å². The number of amides is 3. The summed E-state index contributed by atoms with van der Waals surface area (Å²) in [6.07, 6.45) is 6.36. The number of aromatic nitrogens is 2. The molecule has 25 heavy (non-hydrogen) atoms. The summed E-state index contributed by atoms with van der Waals surface area (Å²) < 4.78 is 1.77. The van der Waals surface area contributed by atoms with E-state index in [4.69, 9.17) is 5.26 Å². The number of hydrogen-bond acceptors (Lipinski definition) is 4. The van der Waals surface area contributed by atoms with Crippen molar-refractivity contribution in [1.29, 1.82) is 5.26 Å². The van der Waals surface area contributed by atoms with Gasteiger partial charge in [-0.25, -0.2) is 4.79 Å². The molecule has 3 amide bonds. The number of carbonyl (C=O) groups excluding carboxylic acids is 2. The van der Waals surface area contributed by atoms with Crippen LogP contribution in [0.3, 0.4) is 0 Å². The molecule has 3 atom stereocenters. The third-order valence-electron chi connectivity index (χ3n) is 5.13. The fraction of sp³-hybridized carbons (Fsp3) is 0.647. The zero-order valence-corrected chi connectivity index (χ0v) is 14.7. The Hall–Kier alpha value is -2.56. The monoisotopic (exact) mass is 344 g/mol. The van der Waals surface area contributed by atoms with E-state index in [9.17, 15) is 9.59 Å². The molecule has 3 unspecified atom stereocenters. The third-order valence-corrected chi connectivity index (χ3v) is 5.13. The highest BCUT2D eigenvalue weighted by atomic mass is 16.2. The second kappa shape index (κ2) is 7.13. The molecular formula is C17H24N6O2. The van der Waals surface area contributed by atoms with E-state index in [1.807, 2.05) is 32.4 Å². The van der Waals surface area contributed by atoms with Crippen LogP contribution in [-0.2, 0) is 11.8 Å². The molecule has 0 saturated carbocycles. The molecule has 8 heteroatoms. The fourth-order valence-electron chi connectivity index (χ4n) is 3.74. The van der Waals surface area contributed by atoms with Crippen LogP contribution in [0.15, 0.2) is 12.4 Å². The lowest BCUT2D eigenvalue weighted by Gasteiger charge is -2.33. The number of aryl methyl sites for hydroxylation is 1. The minimum Gasteiger partial charge on any atom is -0.326 e. The number of nitriles is 1. The molecule has 0 radical (unpaired) electrons. The van der Waals surface area contributed by atoms with Crippen LogP contribution < -0.4 is 5.32 Å². The van der Waals surface area contributed by atoms with Crippen molar-refractivity contribution in [3.05, 3.63) is 18.0 Å². The molecule has 1 N–H and O–H groups in total. The molecule has 134 valence electrons. The van der Waals surface area contributed by atoms with Gasteiger partial charge in [0.2, 0.25) is 5.91 Å². The van der Waals surface area contributed by atoms with Crippen molar-refractivity contribution in [1.82, 2.24) is 24.9 Å². The van der Waals surface area contributed by atoms with Crippen molar-refractivity contribution >= 4 is 11.9 Å². The zero-order chi connectivity index (χ0) is 18.0. The lowest BCUT2D eigenvalue weighted by atomic mass is 9.93. The van der Waals surface area contributed by atoms with Gasteiger partial charge >= 0.3 is 6.03 Å². The van der Waals surface area contributed by atoms with Crippen molar-refractivity contribution in [3.8, 4) is 6.07 Å². The summed E-state index contributed by atoms with van der Waals surface area (Å²) in [6.45, 7) is 3.30. The quantitative estimate of drug-likeness (QED) is 0.822. The summed E-state index contributed by atoms with van der Waals surface area (Å²) >= 11 is 0. The maximum Gasteiger partial charge on any atom is 0.318 e. The molecule has 8 nitrogen and oxygen atoms in total. The Kier molecular flexibility index (Phi) is 4.93. The standard InChI is InChI=1S/C17H24N6O2/c1-12-8-15(16(24)23(12)7-5-18)20-17(25)22-6-3-4-13(11-22)14-9-19-21(2)10-14/h9-10,12-13,15H,3-4,6-8,11H2,1-2H3,(H,20,25). The summed E-state index contributed by atoms with van der Waals surface area (Å²) in [4.78, 5) is 28.3. The van der Waals surface area contributed by atoms with Crippen molar-refractivity contribution in [2.24, 2.45) is 7.05 Å². The number of carbonyl (C=O) groups is 2. The number of urea groups is 1. The van der Waals surface area contributed by atoms with Crippen molar-refractivity contribution < 1.29 is 9.59 Å². The number of rotatable bonds is 3. The molecule has 1 aromatic rings. The first-order valence-electron chi connectivity index (χ1n) is 8.71. The van der Waals surface area contributed by atoms with Crippen LogP contribution in [-0.4, -0.2) is 63.2 Å². The smallest absolute Gasteiger partial charge is 0.318 e. The maximum absolute atomic E-state index is 12.6. The van der Waals surface area contributed by atoms with Crippen LogP contribution in [0.4, 0.5) is 4.79 Å². The molecule has 2 fully saturated rings. The van der Waals surface area contributed by atoms with Gasteiger partial charge < -0.3 is 15.1 Å². The Morgan fingerprint density at radius 2 is 2.32 bits per heavy atom. The predicted molar refractivity (Wildman–Crippen MR) is 90.5 cm³/mol. The molecule has 1 aromatic heterocycles.